The van der Waals surface area contributed by atoms with Gasteiger partial charge in [-0.3, -0.25) is 0 Å². The second-order valence-electron chi connectivity index (χ2n) is 4.13. The minimum atomic E-state index is 0.538. The van der Waals surface area contributed by atoms with Crippen LogP contribution in [-0.2, 0) is 0 Å². The molecule has 0 unspecified atom stereocenters. The van der Waals surface area contributed by atoms with Gasteiger partial charge in [-0.05, 0) is 49.5 Å². The Balaban J connectivity index is 1.95. The molecule has 0 radical (unpaired) electrons. The fourth-order valence-corrected chi connectivity index (χ4v) is 2.23. The highest BCUT2D eigenvalue weighted by molar-refractivity contribution is 6.17. The molecule has 1 aromatic carbocycles. The molecule has 0 aromatic heterocycles. The highest BCUT2D eigenvalue weighted by atomic mass is 35.5. The summed E-state index contributed by atoms with van der Waals surface area (Å²) in [7, 11) is 0. The van der Waals surface area contributed by atoms with E-state index in [1.807, 2.05) is 12.1 Å². The number of hydrogen-bond donors (Lipinski definition) is 1. The maximum absolute atomic E-state index is 5.57. The van der Waals surface area contributed by atoms with Gasteiger partial charge in [-0.15, -0.1) is 11.6 Å². The summed E-state index contributed by atoms with van der Waals surface area (Å²) >= 11 is 5.57. The van der Waals surface area contributed by atoms with Crippen LogP contribution < -0.4 is 10.1 Å². The smallest absolute Gasteiger partial charge is 0.119 e. The summed E-state index contributed by atoms with van der Waals surface area (Å²) in [6.45, 7) is 2.85. The van der Waals surface area contributed by atoms with Crippen LogP contribution in [0, 0.1) is 0 Å². The van der Waals surface area contributed by atoms with Gasteiger partial charge in [0.2, 0.25) is 0 Å². The first-order chi connectivity index (χ1) is 7.90. The standard InChI is InChI=1S/C13H18ClNO/c14-7-10-16-13-3-1-11(2-4-13)12-5-8-15-9-6-12/h1-4,12,15H,5-10H2. The summed E-state index contributed by atoms with van der Waals surface area (Å²) in [4.78, 5) is 0. The van der Waals surface area contributed by atoms with Gasteiger partial charge >= 0.3 is 0 Å². The Bertz CT molecular complexity index is 306. The maximum Gasteiger partial charge on any atom is 0.119 e. The molecule has 1 aromatic rings. The van der Waals surface area contributed by atoms with Crippen molar-refractivity contribution >= 4 is 11.6 Å². The first kappa shape index (κ1) is 11.7. The van der Waals surface area contributed by atoms with E-state index in [0.717, 1.165) is 18.8 Å². The van der Waals surface area contributed by atoms with Crippen LogP contribution in [0.4, 0.5) is 0 Å². The average Bonchev–Trinajstić information content (AvgIpc) is 2.38. The number of alkyl halides is 1. The number of nitrogens with one attached hydrogen (secondary N) is 1. The first-order valence-electron chi connectivity index (χ1n) is 5.89. The van der Waals surface area contributed by atoms with E-state index in [9.17, 15) is 0 Å². The van der Waals surface area contributed by atoms with Crippen molar-refractivity contribution in [3.63, 3.8) is 0 Å². The summed E-state index contributed by atoms with van der Waals surface area (Å²) < 4.78 is 5.45. The SMILES string of the molecule is ClCCOc1ccc(C2CCNCC2)cc1. The van der Waals surface area contributed by atoms with Gasteiger partial charge in [0.05, 0.1) is 5.88 Å². The molecule has 1 aliphatic rings. The summed E-state index contributed by atoms with van der Waals surface area (Å²) in [6, 6.07) is 8.45. The third kappa shape index (κ3) is 3.13. The molecule has 0 amide bonds. The Morgan fingerprint density at radius 2 is 1.88 bits per heavy atom. The topological polar surface area (TPSA) is 21.3 Å². The molecule has 3 heteroatoms. The summed E-state index contributed by atoms with van der Waals surface area (Å²) in [5.41, 5.74) is 1.43. The number of benzene rings is 1. The number of ether oxygens (including phenoxy) is 1. The average molecular weight is 240 g/mol. The van der Waals surface area contributed by atoms with Crippen molar-refractivity contribution in [2.24, 2.45) is 0 Å². The summed E-state index contributed by atoms with van der Waals surface area (Å²) in [5.74, 6) is 2.16. The molecule has 0 spiro atoms. The van der Waals surface area contributed by atoms with Gasteiger partial charge in [-0.2, -0.15) is 0 Å². The molecule has 1 aliphatic heterocycles. The Hall–Kier alpha value is -0.730. The molecule has 1 heterocycles. The minimum absolute atomic E-state index is 0.538. The highest BCUT2D eigenvalue weighted by Gasteiger charge is 2.14. The molecule has 0 saturated carbocycles. The molecule has 88 valence electrons. The fourth-order valence-electron chi connectivity index (χ4n) is 2.15. The van der Waals surface area contributed by atoms with E-state index >= 15 is 0 Å². The quantitative estimate of drug-likeness (QED) is 0.816. The van der Waals surface area contributed by atoms with Crippen molar-refractivity contribution in [2.75, 3.05) is 25.6 Å². The molecule has 0 aliphatic carbocycles. The van der Waals surface area contributed by atoms with E-state index < -0.39 is 0 Å². The monoisotopic (exact) mass is 239 g/mol. The molecule has 1 fully saturated rings. The fraction of sp³-hybridized carbons (Fsp3) is 0.538. The van der Waals surface area contributed by atoms with Gasteiger partial charge in [-0.25, -0.2) is 0 Å². The van der Waals surface area contributed by atoms with Crippen LogP contribution in [0.25, 0.3) is 0 Å². The minimum Gasteiger partial charge on any atom is -0.492 e. The zero-order valence-corrected chi connectivity index (χ0v) is 10.2. The molecule has 1 saturated heterocycles. The van der Waals surface area contributed by atoms with Gasteiger partial charge in [0.25, 0.3) is 0 Å². The number of halogens is 1. The molecule has 0 bridgehead atoms. The van der Waals surface area contributed by atoms with Crippen LogP contribution >= 0.6 is 11.6 Å². The molecule has 16 heavy (non-hydrogen) atoms. The molecule has 1 N–H and O–H groups in total. The third-order valence-electron chi connectivity index (χ3n) is 3.04. The predicted octanol–water partition coefficient (Wildman–Crippen LogP) is 2.77. The molecular formula is C13H18ClNO. The van der Waals surface area contributed by atoms with Crippen LogP contribution in [0.2, 0.25) is 0 Å². The van der Waals surface area contributed by atoms with E-state index in [0.29, 0.717) is 18.4 Å². The first-order valence-corrected chi connectivity index (χ1v) is 6.43. The van der Waals surface area contributed by atoms with Gasteiger partial charge in [0.15, 0.2) is 0 Å². The Morgan fingerprint density at radius 3 is 2.50 bits per heavy atom. The summed E-state index contributed by atoms with van der Waals surface area (Å²) in [6.07, 6.45) is 2.48. The van der Waals surface area contributed by atoms with E-state index in [1.54, 1.807) is 0 Å². The van der Waals surface area contributed by atoms with Crippen LogP contribution in [-0.4, -0.2) is 25.6 Å². The normalized spacial score (nSPS) is 17.3. The van der Waals surface area contributed by atoms with Gasteiger partial charge in [0.1, 0.15) is 12.4 Å². The van der Waals surface area contributed by atoms with E-state index in [2.05, 4.69) is 17.4 Å². The zero-order chi connectivity index (χ0) is 11.2. The predicted molar refractivity (Wildman–Crippen MR) is 67.5 cm³/mol. The maximum atomic E-state index is 5.57. The van der Waals surface area contributed by atoms with Crippen LogP contribution in [0.5, 0.6) is 5.75 Å². The van der Waals surface area contributed by atoms with E-state index in [1.165, 1.54) is 18.4 Å². The second-order valence-corrected chi connectivity index (χ2v) is 4.51. The summed E-state index contributed by atoms with van der Waals surface area (Å²) in [5, 5.41) is 3.38. The Morgan fingerprint density at radius 1 is 1.19 bits per heavy atom. The molecule has 2 rings (SSSR count). The third-order valence-corrected chi connectivity index (χ3v) is 3.19. The molecule has 2 nitrogen and oxygen atoms in total. The Kier molecular flexibility index (Phi) is 4.49. The van der Waals surface area contributed by atoms with Crippen molar-refractivity contribution in [3.05, 3.63) is 29.8 Å². The second kappa shape index (κ2) is 6.12. The highest BCUT2D eigenvalue weighted by Crippen LogP contribution is 2.26. The van der Waals surface area contributed by atoms with Crippen molar-refractivity contribution in [1.82, 2.24) is 5.32 Å². The van der Waals surface area contributed by atoms with Gasteiger partial charge in [0, 0.05) is 0 Å². The lowest BCUT2D eigenvalue weighted by atomic mass is 9.90. The van der Waals surface area contributed by atoms with Crippen molar-refractivity contribution in [1.29, 1.82) is 0 Å². The van der Waals surface area contributed by atoms with Crippen molar-refractivity contribution in [3.8, 4) is 5.75 Å². The van der Waals surface area contributed by atoms with Crippen molar-refractivity contribution < 1.29 is 4.74 Å². The van der Waals surface area contributed by atoms with E-state index in [-0.39, 0.29) is 0 Å². The lowest BCUT2D eigenvalue weighted by molar-refractivity contribution is 0.342. The number of piperidine rings is 1. The molecule has 0 atom stereocenters. The largest absolute Gasteiger partial charge is 0.492 e. The number of hydrogen-bond acceptors (Lipinski definition) is 2. The lowest BCUT2D eigenvalue weighted by Crippen LogP contribution is -2.26. The zero-order valence-electron chi connectivity index (χ0n) is 9.42. The number of rotatable bonds is 4. The van der Waals surface area contributed by atoms with Crippen LogP contribution in [0.1, 0.15) is 24.3 Å². The van der Waals surface area contributed by atoms with E-state index in [4.69, 9.17) is 16.3 Å². The van der Waals surface area contributed by atoms with Gasteiger partial charge < -0.3 is 10.1 Å². The van der Waals surface area contributed by atoms with Gasteiger partial charge in [-0.1, -0.05) is 12.1 Å². The van der Waals surface area contributed by atoms with Crippen LogP contribution in [0.3, 0.4) is 0 Å². The Labute approximate surface area is 102 Å². The molecular weight excluding hydrogens is 222 g/mol. The van der Waals surface area contributed by atoms with Crippen molar-refractivity contribution in [2.45, 2.75) is 18.8 Å². The lowest BCUT2D eigenvalue weighted by Gasteiger charge is -2.23. The van der Waals surface area contributed by atoms with Crippen LogP contribution in [0.15, 0.2) is 24.3 Å².